The summed E-state index contributed by atoms with van der Waals surface area (Å²) in [5.74, 6) is -0.255. The molecule has 2 saturated heterocycles. The van der Waals surface area contributed by atoms with Crippen molar-refractivity contribution >= 4 is 11.8 Å². The molecule has 0 spiro atoms. The van der Waals surface area contributed by atoms with E-state index < -0.39 is 0 Å². The molecule has 5 nitrogen and oxygen atoms in total. The lowest BCUT2D eigenvalue weighted by atomic mass is 9.79. The number of carbonyl (C=O) groups excluding carboxylic acids is 2. The molecule has 5 heteroatoms. The van der Waals surface area contributed by atoms with Crippen molar-refractivity contribution in [3.8, 4) is 0 Å². The zero-order valence-corrected chi connectivity index (χ0v) is 17.3. The Morgan fingerprint density at radius 2 is 1.60 bits per heavy atom. The van der Waals surface area contributed by atoms with Gasteiger partial charge in [0.25, 0.3) is 0 Å². The molecule has 2 N–H and O–H groups in total. The number of nitrogens with one attached hydrogen (secondary N) is 2. The fraction of sp³-hybridized carbons (Fsp3) is 0.900. The van der Waals surface area contributed by atoms with Crippen LogP contribution in [0.2, 0.25) is 0 Å². The lowest BCUT2D eigenvalue weighted by Crippen LogP contribution is -2.63. The molecule has 25 heavy (non-hydrogen) atoms. The maximum Gasteiger partial charge on any atom is 0.247 e. The summed E-state index contributed by atoms with van der Waals surface area (Å²) in [6.45, 7) is 15.1. The number of carbonyl (C=O) groups is 2. The molecule has 0 aromatic heterocycles. The number of nitrogens with zero attached hydrogens (tertiary/aromatic N) is 1. The van der Waals surface area contributed by atoms with Gasteiger partial charge in [-0.3, -0.25) is 14.5 Å². The van der Waals surface area contributed by atoms with Gasteiger partial charge in [-0.2, -0.15) is 0 Å². The van der Waals surface area contributed by atoms with Crippen LogP contribution >= 0.6 is 0 Å². The minimum atomic E-state index is -0.379. The smallest absolute Gasteiger partial charge is 0.247 e. The highest BCUT2D eigenvalue weighted by Gasteiger charge is 2.52. The van der Waals surface area contributed by atoms with E-state index in [9.17, 15) is 9.59 Å². The first kappa shape index (κ1) is 20.4. The Morgan fingerprint density at radius 3 is 2.04 bits per heavy atom. The van der Waals surface area contributed by atoms with Gasteiger partial charge >= 0.3 is 0 Å². The average Bonchev–Trinajstić information content (AvgIpc) is 2.62. The van der Waals surface area contributed by atoms with Crippen molar-refractivity contribution in [2.24, 2.45) is 11.3 Å². The summed E-state index contributed by atoms with van der Waals surface area (Å²) in [5, 5.41) is 6.74. The third kappa shape index (κ3) is 4.62. The average molecular weight is 352 g/mol. The first-order chi connectivity index (χ1) is 11.3. The van der Waals surface area contributed by atoms with Crippen LogP contribution in [0.3, 0.4) is 0 Å². The number of imide groups is 1. The van der Waals surface area contributed by atoms with Crippen LogP contribution < -0.4 is 10.6 Å². The van der Waals surface area contributed by atoms with E-state index in [0.717, 1.165) is 25.7 Å². The van der Waals surface area contributed by atoms with Gasteiger partial charge in [0.15, 0.2) is 0 Å². The first-order valence-corrected chi connectivity index (χ1v) is 9.60. The Balaban J connectivity index is 2.23. The highest BCUT2D eigenvalue weighted by Crippen LogP contribution is 2.37. The Bertz CT molecular complexity index is 518. The van der Waals surface area contributed by atoms with Gasteiger partial charge in [0.1, 0.15) is 0 Å². The molecular weight excluding hydrogens is 314 g/mol. The van der Waals surface area contributed by atoms with Gasteiger partial charge in [0, 0.05) is 17.1 Å². The number of amides is 2. The van der Waals surface area contributed by atoms with E-state index >= 15 is 0 Å². The van der Waals surface area contributed by atoms with Gasteiger partial charge in [-0.15, -0.1) is 0 Å². The highest BCUT2D eigenvalue weighted by molar-refractivity contribution is 6.07. The van der Waals surface area contributed by atoms with Crippen LogP contribution in [0.5, 0.6) is 0 Å². The molecule has 0 aromatic rings. The number of rotatable bonds is 4. The summed E-state index contributed by atoms with van der Waals surface area (Å²) in [6, 6.07) is -0.405. The first-order valence-electron chi connectivity index (χ1n) is 9.60. The normalized spacial score (nSPS) is 30.2. The molecule has 0 aliphatic carbocycles. The lowest BCUT2D eigenvalue weighted by Gasteiger charge is -2.48. The third-order valence-corrected chi connectivity index (χ3v) is 5.51. The number of likely N-dealkylation sites (tertiary alicyclic amines) is 1. The molecule has 2 fully saturated rings. The van der Waals surface area contributed by atoms with Gasteiger partial charge in [0.05, 0.1) is 12.0 Å². The van der Waals surface area contributed by atoms with Crippen molar-refractivity contribution < 1.29 is 9.59 Å². The molecule has 0 saturated carbocycles. The maximum atomic E-state index is 13.2. The van der Waals surface area contributed by atoms with Gasteiger partial charge in [-0.25, -0.2) is 0 Å². The van der Waals surface area contributed by atoms with Crippen LogP contribution in [0.4, 0.5) is 0 Å². The second-order valence-corrected chi connectivity index (χ2v) is 10.5. The number of hydrogen-bond donors (Lipinski definition) is 2. The molecule has 0 aromatic carbocycles. The third-order valence-electron chi connectivity index (χ3n) is 5.51. The molecule has 0 bridgehead atoms. The molecule has 0 radical (unpaired) electrons. The summed E-state index contributed by atoms with van der Waals surface area (Å²) in [4.78, 5) is 27.8. The Morgan fingerprint density at radius 1 is 1.08 bits per heavy atom. The quantitative estimate of drug-likeness (QED) is 0.765. The van der Waals surface area contributed by atoms with Crippen molar-refractivity contribution in [1.82, 2.24) is 15.5 Å². The van der Waals surface area contributed by atoms with Crippen LogP contribution in [0, 0.1) is 11.3 Å². The zero-order valence-electron chi connectivity index (χ0n) is 17.3. The van der Waals surface area contributed by atoms with Crippen LogP contribution in [-0.4, -0.2) is 46.9 Å². The highest BCUT2D eigenvalue weighted by atomic mass is 16.2. The molecule has 2 heterocycles. The van der Waals surface area contributed by atoms with Crippen molar-refractivity contribution in [3.05, 3.63) is 0 Å². The summed E-state index contributed by atoms with van der Waals surface area (Å²) in [7, 11) is 1.79. The topological polar surface area (TPSA) is 61.4 Å². The summed E-state index contributed by atoms with van der Waals surface area (Å²) >= 11 is 0. The molecule has 2 unspecified atom stereocenters. The number of hydrogen-bond acceptors (Lipinski definition) is 4. The molecule has 2 rings (SSSR count). The minimum absolute atomic E-state index is 0.0205. The minimum Gasteiger partial charge on any atom is -0.308 e. The predicted octanol–water partition coefficient (Wildman–Crippen LogP) is 2.69. The maximum absolute atomic E-state index is 13.2. The van der Waals surface area contributed by atoms with Crippen LogP contribution in [-0.2, 0) is 9.59 Å². The number of piperidine rings is 1. The van der Waals surface area contributed by atoms with Crippen LogP contribution in [0.15, 0.2) is 0 Å². The van der Waals surface area contributed by atoms with E-state index in [1.807, 2.05) is 0 Å². The van der Waals surface area contributed by atoms with Crippen LogP contribution in [0.25, 0.3) is 0 Å². The Hall–Kier alpha value is -0.940. The molecule has 2 amide bonds. The number of likely N-dealkylation sites (N-methyl/N-ethyl adjacent to an activating group) is 1. The monoisotopic (exact) mass is 351 g/mol. The Labute approximate surface area is 153 Å². The molecular formula is C20H37N3O2. The predicted molar refractivity (Wildman–Crippen MR) is 101 cm³/mol. The van der Waals surface area contributed by atoms with Crippen molar-refractivity contribution in [3.63, 3.8) is 0 Å². The van der Waals surface area contributed by atoms with Crippen LogP contribution in [0.1, 0.15) is 74.1 Å². The van der Waals surface area contributed by atoms with E-state index in [2.05, 4.69) is 59.1 Å². The van der Waals surface area contributed by atoms with E-state index in [1.54, 1.807) is 11.9 Å². The van der Waals surface area contributed by atoms with Gasteiger partial charge < -0.3 is 10.6 Å². The van der Waals surface area contributed by atoms with Crippen molar-refractivity contribution in [2.75, 3.05) is 7.05 Å². The molecule has 144 valence electrons. The second-order valence-electron chi connectivity index (χ2n) is 10.5. The SMILES string of the molecule is CNC1C(=O)N(C2CC(C)(C)NC(C)(C)C2)C(=O)C1CCC(C)(C)C. The van der Waals surface area contributed by atoms with Crippen molar-refractivity contribution in [1.29, 1.82) is 0 Å². The van der Waals surface area contributed by atoms with E-state index in [4.69, 9.17) is 0 Å². The van der Waals surface area contributed by atoms with E-state index in [0.29, 0.717) is 0 Å². The summed E-state index contributed by atoms with van der Waals surface area (Å²) in [5.41, 5.74) is -0.0228. The molecule has 2 aliphatic heterocycles. The van der Waals surface area contributed by atoms with Crippen molar-refractivity contribution in [2.45, 2.75) is 97.3 Å². The molecule has 2 aliphatic rings. The largest absolute Gasteiger partial charge is 0.308 e. The van der Waals surface area contributed by atoms with Gasteiger partial charge in [-0.1, -0.05) is 20.8 Å². The second kappa shape index (κ2) is 6.66. The standard InChI is InChI=1S/C20H37N3O2/c1-18(2,3)10-9-14-15(21-8)17(25)23(16(14)24)13-11-19(4,5)22-20(6,7)12-13/h13-15,21-22H,9-12H2,1-8H3. The lowest BCUT2D eigenvalue weighted by molar-refractivity contribution is -0.144. The zero-order chi connectivity index (χ0) is 19.2. The molecule has 2 atom stereocenters. The Kier molecular flexibility index (Phi) is 5.42. The van der Waals surface area contributed by atoms with E-state index in [1.165, 1.54) is 0 Å². The fourth-order valence-electron chi connectivity index (χ4n) is 4.77. The van der Waals surface area contributed by atoms with Gasteiger partial charge in [0.2, 0.25) is 11.8 Å². The fourth-order valence-corrected chi connectivity index (χ4v) is 4.77. The summed E-state index contributed by atoms with van der Waals surface area (Å²) < 4.78 is 0. The summed E-state index contributed by atoms with van der Waals surface area (Å²) in [6.07, 6.45) is 3.30. The van der Waals surface area contributed by atoms with Gasteiger partial charge in [-0.05, 0) is 65.8 Å². The van der Waals surface area contributed by atoms with E-state index in [-0.39, 0.29) is 46.3 Å².